The van der Waals surface area contributed by atoms with E-state index in [-0.39, 0.29) is 5.91 Å². The van der Waals surface area contributed by atoms with Gasteiger partial charge in [0, 0.05) is 18.5 Å². The average Bonchev–Trinajstić information content (AvgIpc) is 3.22. The third kappa shape index (κ3) is 4.68. The van der Waals surface area contributed by atoms with Gasteiger partial charge < -0.3 is 19.1 Å². The van der Waals surface area contributed by atoms with Crippen molar-refractivity contribution in [1.29, 1.82) is 0 Å². The molecule has 0 unspecified atom stereocenters. The van der Waals surface area contributed by atoms with Crippen LogP contribution in [0, 0.1) is 11.8 Å². The molecule has 7 nitrogen and oxygen atoms in total. The Labute approximate surface area is 170 Å². The Kier molecular flexibility index (Phi) is 5.89. The second-order valence-electron chi connectivity index (χ2n) is 8.00. The van der Waals surface area contributed by atoms with Gasteiger partial charge in [0.15, 0.2) is 6.67 Å². The van der Waals surface area contributed by atoms with E-state index in [0.717, 1.165) is 52.4 Å². The minimum Gasteiger partial charge on any atom is -0.412 e. The Morgan fingerprint density at radius 3 is 2.71 bits per heavy atom. The van der Waals surface area contributed by atoms with E-state index in [9.17, 15) is 4.79 Å². The van der Waals surface area contributed by atoms with Crippen molar-refractivity contribution in [3.05, 3.63) is 46.1 Å². The molecule has 1 amide bonds. The maximum atomic E-state index is 11.8. The molecular formula is C20H29N5O2S+2. The van der Waals surface area contributed by atoms with E-state index in [1.807, 2.05) is 0 Å². The first kappa shape index (κ1) is 19.3. The van der Waals surface area contributed by atoms with E-state index in [1.165, 1.54) is 16.0 Å². The van der Waals surface area contributed by atoms with Gasteiger partial charge in [0.05, 0.1) is 6.54 Å². The summed E-state index contributed by atoms with van der Waals surface area (Å²) in [6.45, 7) is 9.65. The zero-order valence-electron chi connectivity index (χ0n) is 16.4. The molecule has 0 aliphatic carbocycles. The molecule has 2 aliphatic heterocycles. The van der Waals surface area contributed by atoms with Gasteiger partial charge in [0.25, 0.3) is 4.84 Å². The summed E-state index contributed by atoms with van der Waals surface area (Å²) in [6, 6.07) is 8.80. The van der Waals surface area contributed by atoms with E-state index in [2.05, 4.69) is 36.3 Å². The number of benzene rings is 1. The average molecular weight is 404 g/mol. The van der Waals surface area contributed by atoms with Gasteiger partial charge in [-0.3, -0.25) is 4.79 Å². The Morgan fingerprint density at radius 1 is 1.21 bits per heavy atom. The number of nitrogens with zero attached hydrogens (tertiary/aromatic N) is 3. The highest BCUT2D eigenvalue weighted by Crippen LogP contribution is 2.13. The van der Waals surface area contributed by atoms with Gasteiger partial charge in [-0.2, -0.15) is 4.68 Å². The fourth-order valence-electron chi connectivity index (χ4n) is 4.16. The van der Waals surface area contributed by atoms with Crippen molar-refractivity contribution >= 4 is 18.1 Å². The second kappa shape index (κ2) is 8.55. The Hall–Kier alpha value is -2.03. The molecule has 0 spiro atoms. The van der Waals surface area contributed by atoms with E-state index >= 15 is 0 Å². The topological polar surface area (TPSA) is 60.2 Å². The van der Waals surface area contributed by atoms with Crippen molar-refractivity contribution in [1.82, 2.24) is 14.7 Å². The molecule has 2 N–H and O–H groups in total. The predicted octanol–water partition coefficient (Wildman–Crippen LogP) is -0.422. The highest BCUT2D eigenvalue weighted by Gasteiger charge is 2.25. The molecule has 28 heavy (non-hydrogen) atoms. The Bertz CT molecular complexity index is 885. The van der Waals surface area contributed by atoms with Gasteiger partial charge in [-0.1, -0.05) is 29.8 Å². The summed E-state index contributed by atoms with van der Waals surface area (Å²) in [5.74, 6) is 0.720. The van der Waals surface area contributed by atoms with Crippen LogP contribution in [0.4, 0.5) is 0 Å². The number of carbonyl (C=O) groups is 1. The second-order valence-corrected chi connectivity index (χ2v) is 8.35. The first-order chi connectivity index (χ1) is 13.6. The standard InChI is InChI=1S/C20H27N5O2S/c1-16-4-2-5-17(12-16)13-22-8-10-23(11-9-22)15-25-20(28)27-18(21-25)14-24-7-3-6-19(24)26/h2,4-5,12H,3,6-11,13-15H2,1H3/p+2. The fraction of sp³-hybridized carbons (Fsp3) is 0.550. The van der Waals surface area contributed by atoms with Crippen LogP contribution in [0.2, 0.25) is 0 Å². The van der Waals surface area contributed by atoms with Crippen LogP contribution in [0.3, 0.4) is 0 Å². The summed E-state index contributed by atoms with van der Waals surface area (Å²) < 4.78 is 7.42. The van der Waals surface area contributed by atoms with Gasteiger partial charge in [-0.05, 0) is 25.6 Å². The molecule has 1 aromatic carbocycles. The molecule has 2 saturated heterocycles. The monoisotopic (exact) mass is 403 g/mol. The summed E-state index contributed by atoms with van der Waals surface area (Å²) in [6.07, 6.45) is 1.54. The largest absolute Gasteiger partial charge is 0.412 e. The number of piperazine rings is 1. The highest BCUT2D eigenvalue weighted by molar-refractivity contribution is 7.71. The zero-order valence-corrected chi connectivity index (χ0v) is 17.3. The van der Waals surface area contributed by atoms with Crippen LogP contribution >= 0.6 is 12.2 Å². The number of aryl methyl sites for hydroxylation is 1. The quantitative estimate of drug-likeness (QED) is 0.643. The third-order valence-corrected chi connectivity index (χ3v) is 6.01. The number of aromatic nitrogens is 2. The van der Waals surface area contributed by atoms with Crippen molar-refractivity contribution in [2.75, 3.05) is 32.7 Å². The van der Waals surface area contributed by atoms with Crippen LogP contribution in [-0.2, 0) is 24.6 Å². The summed E-state index contributed by atoms with van der Waals surface area (Å²) in [5.41, 5.74) is 2.74. The molecule has 150 valence electrons. The van der Waals surface area contributed by atoms with E-state index in [4.69, 9.17) is 16.6 Å². The van der Waals surface area contributed by atoms with E-state index in [1.54, 1.807) is 14.5 Å². The molecule has 0 radical (unpaired) electrons. The van der Waals surface area contributed by atoms with Crippen LogP contribution in [0.25, 0.3) is 0 Å². The SMILES string of the molecule is Cc1cccc(C[NH+]2CC[NH+](Cn3nc(CN4CCCC4=O)oc3=S)CC2)c1. The lowest BCUT2D eigenvalue weighted by molar-refractivity contribution is -1.03. The first-order valence-electron chi connectivity index (χ1n) is 10.1. The summed E-state index contributed by atoms with van der Waals surface area (Å²) in [7, 11) is 0. The Balaban J connectivity index is 1.29. The number of quaternary nitrogens is 2. The molecule has 0 atom stereocenters. The molecule has 0 bridgehead atoms. The molecule has 2 aromatic rings. The minimum atomic E-state index is 0.175. The van der Waals surface area contributed by atoms with Crippen LogP contribution in [0.15, 0.2) is 28.7 Å². The minimum absolute atomic E-state index is 0.175. The zero-order chi connectivity index (χ0) is 19.5. The lowest BCUT2D eigenvalue weighted by Gasteiger charge is -2.29. The smallest absolute Gasteiger partial charge is 0.291 e. The van der Waals surface area contributed by atoms with Gasteiger partial charge >= 0.3 is 0 Å². The number of carbonyl (C=O) groups excluding carboxylic acids is 1. The summed E-state index contributed by atoms with van der Waals surface area (Å²) >= 11 is 5.35. The first-order valence-corrected chi connectivity index (χ1v) is 10.5. The number of amides is 1. The molecule has 1 aromatic heterocycles. The number of hydrogen-bond donors (Lipinski definition) is 2. The molecule has 4 rings (SSSR count). The molecule has 3 heterocycles. The van der Waals surface area contributed by atoms with Gasteiger partial charge in [0.2, 0.25) is 11.8 Å². The van der Waals surface area contributed by atoms with E-state index < -0.39 is 0 Å². The van der Waals surface area contributed by atoms with Gasteiger partial charge in [-0.15, -0.1) is 5.10 Å². The van der Waals surface area contributed by atoms with Crippen molar-refractivity contribution in [3.8, 4) is 0 Å². The maximum Gasteiger partial charge on any atom is 0.291 e. The molecular weight excluding hydrogens is 374 g/mol. The molecule has 0 saturated carbocycles. The van der Waals surface area contributed by atoms with Gasteiger partial charge in [0.1, 0.15) is 32.7 Å². The highest BCUT2D eigenvalue weighted by atomic mass is 32.1. The molecule has 2 aliphatic rings. The third-order valence-electron chi connectivity index (χ3n) is 5.72. The van der Waals surface area contributed by atoms with Crippen molar-refractivity contribution in [2.24, 2.45) is 0 Å². The van der Waals surface area contributed by atoms with Crippen LogP contribution in [0.1, 0.15) is 29.9 Å². The van der Waals surface area contributed by atoms with Crippen LogP contribution < -0.4 is 9.80 Å². The van der Waals surface area contributed by atoms with Gasteiger partial charge in [-0.25, -0.2) is 0 Å². The lowest BCUT2D eigenvalue weighted by atomic mass is 10.1. The van der Waals surface area contributed by atoms with Crippen LogP contribution in [-0.4, -0.2) is 53.3 Å². The molecule has 8 heteroatoms. The number of nitrogens with one attached hydrogen (secondary N) is 2. The summed E-state index contributed by atoms with van der Waals surface area (Å²) in [4.78, 5) is 17.1. The molecule has 2 fully saturated rings. The fourth-order valence-corrected chi connectivity index (χ4v) is 4.36. The van der Waals surface area contributed by atoms with Crippen molar-refractivity contribution < 1.29 is 19.0 Å². The number of hydrogen-bond acceptors (Lipinski definition) is 4. The van der Waals surface area contributed by atoms with Crippen LogP contribution in [0.5, 0.6) is 0 Å². The Morgan fingerprint density at radius 2 is 2.00 bits per heavy atom. The summed E-state index contributed by atoms with van der Waals surface area (Å²) in [5, 5.41) is 4.52. The number of likely N-dealkylation sites (tertiary alicyclic amines) is 1. The normalized spacial score (nSPS) is 22.8. The van der Waals surface area contributed by atoms with Crippen molar-refractivity contribution in [2.45, 2.75) is 39.5 Å². The maximum absolute atomic E-state index is 11.8. The lowest BCUT2D eigenvalue weighted by Crippen LogP contribution is -3.27. The predicted molar refractivity (Wildman–Crippen MR) is 106 cm³/mol. The van der Waals surface area contributed by atoms with Crippen molar-refractivity contribution in [3.63, 3.8) is 0 Å². The van der Waals surface area contributed by atoms with E-state index in [0.29, 0.717) is 23.7 Å². The number of rotatable bonds is 6.